The Kier molecular flexibility index (Phi) is 5.62. The van der Waals surface area contributed by atoms with E-state index < -0.39 is 0 Å². The third-order valence-electron chi connectivity index (χ3n) is 2.89. The van der Waals surface area contributed by atoms with E-state index in [1.807, 2.05) is 25.1 Å². The molecule has 0 radical (unpaired) electrons. The number of hydrogen-bond acceptors (Lipinski definition) is 3. The van der Waals surface area contributed by atoms with Gasteiger partial charge in [0.25, 0.3) is 0 Å². The molecule has 3 heteroatoms. The van der Waals surface area contributed by atoms with Crippen LogP contribution in [0.25, 0.3) is 0 Å². The van der Waals surface area contributed by atoms with Crippen molar-refractivity contribution in [3.63, 3.8) is 0 Å². The monoisotopic (exact) mass is 236 g/mol. The van der Waals surface area contributed by atoms with Crippen LogP contribution in [0.1, 0.15) is 24.1 Å². The van der Waals surface area contributed by atoms with Crippen molar-refractivity contribution in [2.24, 2.45) is 0 Å². The number of rotatable bonds is 6. The van der Waals surface area contributed by atoms with Crippen molar-refractivity contribution in [3.05, 3.63) is 35.4 Å². The van der Waals surface area contributed by atoms with Gasteiger partial charge in [0.1, 0.15) is 0 Å². The normalized spacial score (nSPS) is 14.9. The molecule has 0 heterocycles. The molecule has 96 valence electrons. The van der Waals surface area contributed by atoms with Gasteiger partial charge in [-0.15, -0.1) is 0 Å². The molecule has 0 saturated carbocycles. The highest BCUT2D eigenvalue weighted by atomic mass is 16.3. The second-order valence-corrected chi connectivity index (χ2v) is 4.90. The van der Waals surface area contributed by atoms with Crippen molar-refractivity contribution in [1.82, 2.24) is 10.2 Å². The zero-order valence-electron chi connectivity index (χ0n) is 11.3. The Labute approximate surface area is 104 Å². The maximum absolute atomic E-state index is 9.78. The molecular formula is C14H24N2O. The van der Waals surface area contributed by atoms with E-state index in [9.17, 15) is 5.11 Å². The summed E-state index contributed by atoms with van der Waals surface area (Å²) in [7, 11) is 3.93. The van der Waals surface area contributed by atoms with Crippen LogP contribution in [0, 0.1) is 6.92 Å². The van der Waals surface area contributed by atoms with E-state index in [0.717, 1.165) is 0 Å². The van der Waals surface area contributed by atoms with Crippen LogP contribution < -0.4 is 5.32 Å². The van der Waals surface area contributed by atoms with E-state index in [-0.39, 0.29) is 12.1 Å². The van der Waals surface area contributed by atoms with Crippen molar-refractivity contribution in [2.75, 3.05) is 27.2 Å². The van der Waals surface area contributed by atoms with Gasteiger partial charge in [0.05, 0.1) is 6.10 Å². The maximum atomic E-state index is 9.78. The summed E-state index contributed by atoms with van der Waals surface area (Å²) in [5.41, 5.74) is 2.58. The smallest absolute Gasteiger partial charge is 0.0791 e. The van der Waals surface area contributed by atoms with Crippen LogP contribution in [0.5, 0.6) is 0 Å². The Bertz CT molecular complexity index is 339. The molecule has 0 amide bonds. The van der Waals surface area contributed by atoms with Crippen molar-refractivity contribution in [2.45, 2.75) is 26.0 Å². The van der Waals surface area contributed by atoms with Crippen molar-refractivity contribution >= 4 is 0 Å². The molecule has 0 spiro atoms. The lowest BCUT2D eigenvalue weighted by atomic mass is 10.0. The molecule has 0 saturated heterocycles. The Morgan fingerprint density at radius 2 is 1.94 bits per heavy atom. The number of hydrogen-bond donors (Lipinski definition) is 2. The summed E-state index contributed by atoms with van der Waals surface area (Å²) in [6, 6.07) is 8.62. The van der Waals surface area contributed by atoms with Crippen molar-refractivity contribution < 1.29 is 5.11 Å². The second-order valence-electron chi connectivity index (χ2n) is 4.90. The maximum Gasteiger partial charge on any atom is 0.0791 e. The molecule has 2 atom stereocenters. The van der Waals surface area contributed by atoms with Gasteiger partial charge in [-0.1, -0.05) is 24.3 Å². The van der Waals surface area contributed by atoms with Crippen LogP contribution in [-0.4, -0.2) is 43.3 Å². The molecule has 1 rings (SSSR count). The minimum absolute atomic E-state index is 0.271. The average molecular weight is 236 g/mol. The van der Waals surface area contributed by atoms with E-state index in [0.29, 0.717) is 13.1 Å². The van der Waals surface area contributed by atoms with Crippen LogP contribution in [-0.2, 0) is 0 Å². The van der Waals surface area contributed by atoms with E-state index in [1.54, 1.807) is 0 Å². The fraction of sp³-hybridized carbons (Fsp3) is 0.571. The molecular weight excluding hydrogens is 212 g/mol. The van der Waals surface area contributed by atoms with Gasteiger partial charge in [-0.3, -0.25) is 0 Å². The van der Waals surface area contributed by atoms with Crippen LogP contribution in [0.4, 0.5) is 0 Å². The van der Waals surface area contributed by atoms with Gasteiger partial charge in [0, 0.05) is 19.1 Å². The number of likely N-dealkylation sites (N-methyl/N-ethyl adjacent to an activating group) is 1. The standard InChI is InChI=1S/C14H24N2O/c1-11-7-5-6-8-14(11)12(2)15-9-13(17)10-16(3)4/h5-8,12-13,15,17H,9-10H2,1-4H3/t12-,13?/m1/s1. The number of aryl methyl sites for hydroxylation is 1. The fourth-order valence-corrected chi connectivity index (χ4v) is 1.98. The van der Waals surface area contributed by atoms with Gasteiger partial charge < -0.3 is 15.3 Å². The minimum atomic E-state index is -0.323. The van der Waals surface area contributed by atoms with Gasteiger partial charge in [0.2, 0.25) is 0 Å². The lowest BCUT2D eigenvalue weighted by Gasteiger charge is -2.21. The highest BCUT2D eigenvalue weighted by Crippen LogP contribution is 2.16. The quantitative estimate of drug-likeness (QED) is 0.787. The van der Waals surface area contributed by atoms with E-state index in [4.69, 9.17) is 0 Å². The van der Waals surface area contributed by atoms with Gasteiger partial charge in [-0.05, 0) is 39.1 Å². The topological polar surface area (TPSA) is 35.5 Å². The third kappa shape index (κ3) is 4.86. The zero-order valence-corrected chi connectivity index (χ0v) is 11.3. The molecule has 2 N–H and O–H groups in total. The largest absolute Gasteiger partial charge is 0.390 e. The molecule has 0 fully saturated rings. The number of aliphatic hydroxyl groups excluding tert-OH is 1. The summed E-state index contributed by atoms with van der Waals surface area (Å²) in [5, 5.41) is 13.1. The summed E-state index contributed by atoms with van der Waals surface area (Å²) in [6.07, 6.45) is -0.323. The lowest BCUT2D eigenvalue weighted by Crippen LogP contribution is -2.36. The first-order valence-corrected chi connectivity index (χ1v) is 6.12. The molecule has 17 heavy (non-hydrogen) atoms. The van der Waals surface area contributed by atoms with Crippen LogP contribution >= 0.6 is 0 Å². The highest BCUT2D eigenvalue weighted by molar-refractivity contribution is 5.28. The summed E-state index contributed by atoms with van der Waals surface area (Å²) < 4.78 is 0. The zero-order chi connectivity index (χ0) is 12.8. The molecule has 3 nitrogen and oxygen atoms in total. The van der Waals surface area contributed by atoms with E-state index in [2.05, 4.69) is 37.4 Å². The van der Waals surface area contributed by atoms with Gasteiger partial charge in [-0.25, -0.2) is 0 Å². The molecule has 1 aromatic carbocycles. The molecule has 0 aromatic heterocycles. The molecule has 0 bridgehead atoms. The molecule has 0 aliphatic rings. The summed E-state index contributed by atoms with van der Waals surface area (Å²) in [5.74, 6) is 0. The Morgan fingerprint density at radius 3 is 2.53 bits per heavy atom. The number of nitrogens with zero attached hydrogens (tertiary/aromatic N) is 1. The first-order valence-electron chi connectivity index (χ1n) is 6.12. The summed E-state index contributed by atoms with van der Waals surface area (Å²) >= 11 is 0. The highest BCUT2D eigenvalue weighted by Gasteiger charge is 2.10. The summed E-state index contributed by atoms with van der Waals surface area (Å²) in [4.78, 5) is 1.99. The SMILES string of the molecule is Cc1ccccc1[C@@H](C)NCC(O)CN(C)C. The van der Waals surface area contributed by atoms with Crippen molar-refractivity contribution in [3.8, 4) is 0 Å². The molecule has 1 unspecified atom stereocenters. The predicted molar refractivity (Wildman–Crippen MR) is 72.2 cm³/mol. The number of aliphatic hydroxyl groups is 1. The molecule has 0 aliphatic heterocycles. The van der Waals surface area contributed by atoms with Gasteiger partial charge in [0.15, 0.2) is 0 Å². The molecule has 0 aliphatic carbocycles. The Hall–Kier alpha value is -0.900. The Morgan fingerprint density at radius 1 is 1.29 bits per heavy atom. The minimum Gasteiger partial charge on any atom is -0.390 e. The fourth-order valence-electron chi connectivity index (χ4n) is 1.98. The second kappa shape index (κ2) is 6.74. The van der Waals surface area contributed by atoms with Gasteiger partial charge in [-0.2, -0.15) is 0 Å². The van der Waals surface area contributed by atoms with Crippen molar-refractivity contribution in [1.29, 1.82) is 0 Å². The lowest BCUT2D eigenvalue weighted by molar-refractivity contribution is 0.132. The van der Waals surface area contributed by atoms with E-state index in [1.165, 1.54) is 11.1 Å². The Balaban J connectivity index is 2.45. The van der Waals surface area contributed by atoms with Crippen LogP contribution in [0.2, 0.25) is 0 Å². The third-order valence-corrected chi connectivity index (χ3v) is 2.89. The summed E-state index contributed by atoms with van der Waals surface area (Å²) in [6.45, 7) is 5.55. The predicted octanol–water partition coefficient (Wildman–Crippen LogP) is 1.57. The number of benzene rings is 1. The number of nitrogens with one attached hydrogen (secondary N) is 1. The van der Waals surface area contributed by atoms with Gasteiger partial charge >= 0.3 is 0 Å². The van der Waals surface area contributed by atoms with Crippen LogP contribution in [0.15, 0.2) is 24.3 Å². The molecule has 1 aromatic rings. The van der Waals surface area contributed by atoms with E-state index >= 15 is 0 Å². The van der Waals surface area contributed by atoms with Crippen LogP contribution in [0.3, 0.4) is 0 Å². The first-order chi connectivity index (χ1) is 8.00. The first kappa shape index (κ1) is 14.2. The average Bonchev–Trinajstić information content (AvgIpc) is 2.25.